The lowest BCUT2D eigenvalue weighted by Gasteiger charge is -2.21. The number of hydrogen-bond donors (Lipinski definition) is 3. The smallest absolute Gasteiger partial charge is 0.145 e. The number of nitrogens with one attached hydrogen (secondary N) is 2. The quantitative estimate of drug-likeness (QED) is 0.662. The average molecular weight is 359 g/mol. The minimum Gasteiger partial charge on any atom is -0.509 e. The Kier molecular flexibility index (Phi) is 3.63. The van der Waals surface area contributed by atoms with Gasteiger partial charge in [0.1, 0.15) is 17.4 Å². The van der Waals surface area contributed by atoms with Gasteiger partial charge in [0.25, 0.3) is 0 Å². The number of aliphatic hydroxyl groups excluding tert-OH is 1. The van der Waals surface area contributed by atoms with E-state index in [1.165, 1.54) is 18.5 Å². The van der Waals surface area contributed by atoms with Crippen LogP contribution in [0.25, 0.3) is 16.6 Å². The Bertz CT molecular complexity index is 1010. The molecule has 0 radical (unpaired) electrons. The maximum Gasteiger partial charge on any atom is 0.145 e. The molecule has 6 nitrogen and oxygen atoms in total. The number of fused-ring (bicyclic) bond motifs is 1. The van der Waals surface area contributed by atoms with E-state index in [4.69, 9.17) is 5.41 Å². The van der Waals surface area contributed by atoms with E-state index in [-0.39, 0.29) is 18.1 Å². The highest BCUT2D eigenvalue weighted by atomic mass is 16.3. The SMILES string of the molecule is N=C1C(c2nc3ccccc3[nH]2)=C(O)CN1c1ccc(N2CCCC2)cc1. The molecule has 1 saturated heterocycles. The molecule has 0 spiro atoms. The topological polar surface area (TPSA) is 79.2 Å². The number of benzene rings is 2. The van der Waals surface area contributed by atoms with Gasteiger partial charge in [0.05, 0.1) is 23.2 Å². The third kappa shape index (κ3) is 2.65. The number of H-pyrrole nitrogens is 1. The van der Waals surface area contributed by atoms with Gasteiger partial charge in [0.15, 0.2) is 0 Å². The van der Waals surface area contributed by atoms with Gasteiger partial charge in [0.2, 0.25) is 0 Å². The number of aromatic amines is 1. The molecule has 27 heavy (non-hydrogen) atoms. The van der Waals surface area contributed by atoms with Crippen LogP contribution in [0.1, 0.15) is 18.7 Å². The summed E-state index contributed by atoms with van der Waals surface area (Å²) in [7, 11) is 0. The predicted molar refractivity (Wildman–Crippen MR) is 109 cm³/mol. The minimum absolute atomic E-state index is 0.169. The number of anilines is 2. The Hall–Kier alpha value is -3.28. The highest BCUT2D eigenvalue weighted by molar-refractivity contribution is 6.30. The van der Waals surface area contributed by atoms with Gasteiger partial charge in [-0.25, -0.2) is 4.98 Å². The normalized spacial score (nSPS) is 17.6. The number of aromatic nitrogens is 2. The third-order valence-corrected chi connectivity index (χ3v) is 5.36. The van der Waals surface area contributed by atoms with E-state index in [0.717, 1.165) is 29.8 Å². The lowest BCUT2D eigenvalue weighted by Crippen LogP contribution is -2.26. The summed E-state index contributed by atoms with van der Waals surface area (Å²) in [5, 5.41) is 19.1. The maximum absolute atomic E-state index is 10.5. The van der Waals surface area contributed by atoms with Gasteiger partial charge in [-0.2, -0.15) is 0 Å². The summed E-state index contributed by atoms with van der Waals surface area (Å²) in [4.78, 5) is 12.0. The fourth-order valence-electron chi connectivity index (χ4n) is 3.94. The number of imidazole rings is 1. The predicted octanol–water partition coefficient (Wildman–Crippen LogP) is 3.93. The Morgan fingerprint density at radius 3 is 2.41 bits per heavy atom. The summed E-state index contributed by atoms with van der Waals surface area (Å²) in [6.45, 7) is 2.50. The van der Waals surface area contributed by atoms with E-state index < -0.39 is 0 Å². The van der Waals surface area contributed by atoms with Gasteiger partial charge >= 0.3 is 0 Å². The van der Waals surface area contributed by atoms with Crippen molar-refractivity contribution in [3.8, 4) is 0 Å². The van der Waals surface area contributed by atoms with Crippen LogP contribution in [-0.2, 0) is 0 Å². The summed E-state index contributed by atoms with van der Waals surface area (Å²) in [5.74, 6) is 0.970. The van der Waals surface area contributed by atoms with Crippen molar-refractivity contribution in [3.05, 3.63) is 60.1 Å². The van der Waals surface area contributed by atoms with Gasteiger partial charge in [-0.05, 0) is 49.2 Å². The summed E-state index contributed by atoms with van der Waals surface area (Å²) in [6, 6.07) is 16.0. The number of amidine groups is 1. The number of aliphatic hydroxyl groups is 1. The van der Waals surface area contributed by atoms with Crippen molar-refractivity contribution in [1.29, 1.82) is 5.41 Å². The molecular formula is C21H21N5O. The molecule has 2 aliphatic rings. The summed E-state index contributed by atoms with van der Waals surface area (Å²) >= 11 is 0. The van der Waals surface area contributed by atoms with Gasteiger partial charge < -0.3 is 19.9 Å². The van der Waals surface area contributed by atoms with Crippen molar-refractivity contribution in [2.75, 3.05) is 29.4 Å². The molecule has 0 bridgehead atoms. The molecular weight excluding hydrogens is 338 g/mol. The van der Waals surface area contributed by atoms with E-state index in [2.05, 4.69) is 27.0 Å². The monoisotopic (exact) mass is 359 g/mol. The zero-order valence-electron chi connectivity index (χ0n) is 14.9. The maximum atomic E-state index is 10.5. The van der Waals surface area contributed by atoms with Crippen molar-refractivity contribution in [3.63, 3.8) is 0 Å². The van der Waals surface area contributed by atoms with Crippen LogP contribution in [0.4, 0.5) is 11.4 Å². The van der Waals surface area contributed by atoms with Crippen LogP contribution in [0.15, 0.2) is 54.3 Å². The van der Waals surface area contributed by atoms with Crippen LogP contribution in [0, 0.1) is 5.41 Å². The van der Waals surface area contributed by atoms with Crippen LogP contribution >= 0.6 is 0 Å². The lowest BCUT2D eigenvalue weighted by atomic mass is 10.2. The second-order valence-electron chi connectivity index (χ2n) is 7.07. The number of nitrogens with zero attached hydrogens (tertiary/aromatic N) is 3. The van der Waals surface area contributed by atoms with Crippen molar-refractivity contribution in [2.24, 2.45) is 0 Å². The molecule has 3 heterocycles. The molecule has 0 atom stereocenters. The fraction of sp³-hybridized carbons (Fsp3) is 0.238. The second kappa shape index (κ2) is 6.16. The molecule has 3 N–H and O–H groups in total. The molecule has 1 fully saturated rings. The van der Waals surface area contributed by atoms with E-state index in [9.17, 15) is 5.11 Å². The molecule has 0 amide bonds. The Morgan fingerprint density at radius 1 is 0.963 bits per heavy atom. The average Bonchev–Trinajstić information content (AvgIpc) is 3.40. The van der Waals surface area contributed by atoms with Crippen molar-refractivity contribution in [2.45, 2.75) is 12.8 Å². The summed E-state index contributed by atoms with van der Waals surface area (Å²) in [5.41, 5.74) is 4.31. The standard InChI is InChI=1S/C21H21N5O/c22-20-19(21-23-16-5-1-2-6-17(16)24-21)18(27)13-26(20)15-9-7-14(8-10-15)25-11-3-4-12-25/h1-2,5-10,22,27H,3-4,11-13H2,(H,23,24). The molecule has 2 aromatic carbocycles. The molecule has 136 valence electrons. The molecule has 5 rings (SSSR count). The highest BCUT2D eigenvalue weighted by Gasteiger charge is 2.31. The molecule has 1 aromatic heterocycles. The first-order chi connectivity index (χ1) is 13.2. The van der Waals surface area contributed by atoms with E-state index in [0.29, 0.717) is 11.4 Å². The first-order valence-electron chi connectivity index (χ1n) is 9.29. The van der Waals surface area contributed by atoms with Gasteiger partial charge in [-0.1, -0.05) is 12.1 Å². The number of rotatable bonds is 3. The van der Waals surface area contributed by atoms with Crippen LogP contribution in [0.5, 0.6) is 0 Å². The van der Waals surface area contributed by atoms with Gasteiger partial charge in [-0.3, -0.25) is 5.41 Å². The van der Waals surface area contributed by atoms with Crippen molar-refractivity contribution < 1.29 is 5.11 Å². The van der Waals surface area contributed by atoms with Gasteiger partial charge in [0, 0.05) is 24.5 Å². The lowest BCUT2D eigenvalue weighted by molar-refractivity contribution is 0.411. The Morgan fingerprint density at radius 2 is 1.67 bits per heavy atom. The molecule has 6 heteroatoms. The molecule has 0 unspecified atom stereocenters. The van der Waals surface area contributed by atoms with Gasteiger partial charge in [-0.15, -0.1) is 0 Å². The third-order valence-electron chi connectivity index (χ3n) is 5.36. The van der Waals surface area contributed by atoms with Crippen LogP contribution in [-0.4, -0.2) is 40.5 Å². The molecule has 0 saturated carbocycles. The molecule has 2 aliphatic heterocycles. The second-order valence-corrected chi connectivity index (χ2v) is 7.07. The number of hydrogen-bond acceptors (Lipinski definition) is 4. The zero-order valence-corrected chi connectivity index (χ0v) is 14.9. The largest absolute Gasteiger partial charge is 0.509 e. The van der Waals surface area contributed by atoms with Crippen LogP contribution in [0.3, 0.4) is 0 Å². The van der Waals surface area contributed by atoms with Crippen molar-refractivity contribution >= 4 is 33.8 Å². The molecule has 3 aromatic rings. The van der Waals surface area contributed by atoms with Crippen LogP contribution in [0.2, 0.25) is 0 Å². The molecule has 0 aliphatic carbocycles. The summed E-state index contributed by atoms with van der Waals surface area (Å²) in [6.07, 6.45) is 2.49. The minimum atomic E-state index is 0.169. The zero-order chi connectivity index (χ0) is 18.4. The van der Waals surface area contributed by atoms with E-state index in [1.807, 2.05) is 41.3 Å². The van der Waals surface area contributed by atoms with E-state index in [1.54, 1.807) is 0 Å². The fourth-order valence-corrected chi connectivity index (χ4v) is 3.94. The van der Waals surface area contributed by atoms with Crippen LogP contribution < -0.4 is 9.80 Å². The highest BCUT2D eigenvalue weighted by Crippen LogP contribution is 2.32. The first-order valence-corrected chi connectivity index (χ1v) is 9.29. The van der Waals surface area contributed by atoms with E-state index >= 15 is 0 Å². The number of para-hydroxylation sites is 2. The summed E-state index contributed by atoms with van der Waals surface area (Å²) < 4.78 is 0. The Labute approximate surface area is 157 Å². The Balaban J connectivity index is 1.42. The first kappa shape index (κ1) is 15.9. The van der Waals surface area contributed by atoms with Crippen molar-refractivity contribution in [1.82, 2.24) is 9.97 Å².